The van der Waals surface area contributed by atoms with E-state index < -0.39 is 0 Å². The van der Waals surface area contributed by atoms with Crippen molar-refractivity contribution in [2.75, 3.05) is 23.9 Å². The van der Waals surface area contributed by atoms with Crippen molar-refractivity contribution >= 4 is 17.5 Å². The van der Waals surface area contributed by atoms with E-state index in [1.807, 2.05) is 38.1 Å². The van der Waals surface area contributed by atoms with Gasteiger partial charge in [-0.3, -0.25) is 4.79 Å². The number of hydrogen-bond acceptors (Lipinski definition) is 6. The highest BCUT2D eigenvalue weighted by molar-refractivity contribution is 5.99. The molecule has 0 saturated carbocycles. The van der Waals surface area contributed by atoms with E-state index in [0.717, 1.165) is 48.5 Å². The Morgan fingerprint density at radius 3 is 2.77 bits per heavy atom. The molecule has 0 spiro atoms. The molecule has 1 amide bonds. The second-order valence-electron chi connectivity index (χ2n) is 6.27. The molecule has 1 atom stereocenters. The van der Waals surface area contributed by atoms with Crippen LogP contribution in [0.5, 0.6) is 5.75 Å². The molecule has 1 unspecified atom stereocenters. The van der Waals surface area contributed by atoms with E-state index in [1.165, 1.54) is 0 Å². The zero-order chi connectivity index (χ0) is 18.5. The summed E-state index contributed by atoms with van der Waals surface area (Å²) in [5.41, 5.74) is 2.68. The molecule has 2 aromatic rings. The monoisotopic (exact) mass is 355 g/mol. The van der Waals surface area contributed by atoms with Gasteiger partial charge in [0, 0.05) is 18.3 Å². The zero-order valence-corrected chi connectivity index (χ0v) is 15.5. The van der Waals surface area contributed by atoms with Crippen LogP contribution in [-0.2, 0) is 17.6 Å². The number of amides is 1. The number of ether oxygens (including phenoxy) is 1. The Morgan fingerprint density at radius 2 is 2.04 bits per heavy atom. The molecule has 1 saturated heterocycles. The number of nitrogens with zero attached hydrogens (tertiary/aromatic N) is 4. The molecular weight excluding hydrogens is 330 g/mol. The summed E-state index contributed by atoms with van der Waals surface area (Å²) in [6.07, 6.45) is 3.25. The number of aryl methyl sites for hydroxylation is 2. The SMILES string of the molecule is CCc1nnc(NC2CCCN(c3cccc(OC)c3)C2=O)nc1CC. The van der Waals surface area contributed by atoms with Crippen LogP contribution in [0, 0.1) is 0 Å². The first-order valence-electron chi connectivity index (χ1n) is 9.10. The highest BCUT2D eigenvalue weighted by atomic mass is 16.5. The summed E-state index contributed by atoms with van der Waals surface area (Å²) < 4.78 is 5.27. The number of methoxy groups -OCH3 is 1. The number of hydrogen-bond donors (Lipinski definition) is 1. The van der Waals surface area contributed by atoms with E-state index in [0.29, 0.717) is 12.5 Å². The van der Waals surface area contributed by atoms with Gasteiger partial charge in [-0.2, -0.15) is 5.10 Å². The molecule has 3 rings (SSSR count). The van der Waals surface area contributed by atoms with Gasteiger partial charge in [-0.1, -0.05) is 19.9 Å². The molecule has 1 N–H and O–H groups in total. The van der Waals surface area contributed by atoms with Crippen LogP contribution in [0.15, 0.2) is 24.3 Å². The lowest BCUT2D eigenvalue weighted by Crippen LogP contribution is -2.48. The van der Waals surface area contributed by atoms with Crippen molar-refractivity contribution in [3.05, 3.63) is 35.7 Å². The lowest BCUT2D eigenvalue weighted by atomic mass is 10.0. The van der Waals surface area contributed by atoms with Crippen molar-refractivity contribution in [3.8, 4) is 5.75 Å². The summed E-state index contributed by atoms with van der Waals surface area (Å²) in [6, 6.07) is 7.21. The predicted octanol–water partition coefficient (Wildman–Crippen LogP) is 2.61. The summed E-state index contributed by atoms with van der Waals surface area (Å²) in [5.74, 6) is 1.18. The van der Waals surface area contributed by atoms with Gasteiger partial charge in [0.05, 0.1) is 18.5 Å². The Balaban J connectivity index is 1.77. The van der Waals surface area contributed by atoms with E-state index in [4.69, 9.17) is 4.74 Å². The minimum Gasteiger partial charge on any atom is -0.497 e. The van der Waals surface area contributed by atoms with Gasteiger partial charge in [0.25, 0.3) is 0 Å². The first-order valence-corrected chi connectivity index (χ1v) is 9.10. The van der Waals surface area contributed by atoms with Gasteiger partial charge in [-0.25, -0.2) is 4.98 Å². The summed E-state index contributed by atoms with van der Waals surface area (Å²) >= 11 is 0. The van der Waals surface area contributed by atoms with Crippen LogP contribution in [0.4, 0.5) is 11.6 Å². The van der Waals surface area contributed by atoms with Crippen LogP contribution < -0.4 is 15.0 Å². The van der Waals surface area contributed by atoms with E-state index in [2.05, 4.69) is 20.5 Å². The Bertz CT molecular complexity index is 780. The smallest absolute Gasteiger partial charge is 0.249 e. The average molecular weight is 355 g/mol. The van der Waals surface area contributed by atoms with Crippen LogP contribution in [0.2, 0.25) is 0 Å². The first-order chi connectivity index (χ1) is 12.7. The lowest BCUT2D eigenvalue weighted by Gasteiger charge is -2.32. The Hall–Kier alpha value is -2.70. The second kappa shape index (κ2) is 8.12. The highest BCUT2D eigenvalue weighted by Gasteiger charge is 2.30. The third-order valence-corrected chi connectivity index (χ3v) is 4.62. The molecule has 0 radical (unpaired) electrons. The maximum absolute atomic E-state index is 13.0. The summed E-state index contributed by atoms with van der Waals surface area (Å²) in [6.45, 7) is 4.77. The van der Waals surface area contributed by atoms with Crippen molar-refractivity contribution in [2.45, 2.75) is 45.6 Å². The number of piperidine rings is 1. The van der Waals surface area contributed by atoms with Crippen molar-refractivity contribution in [1.29, 1.82) is 0 Å². The minimum absolute atomic E-state index is 0.0192. The van der Waals surface area contributed by atoms with E-state index in [9.17, 15) is 4.79 Å². The molecule has 7 nitrogen and oxygen atoms in total. The van der Waals surface area contributed by atoms with E-state index in [-0.39, 0.29) is 11.9 Å². The van der Waals surface area contributed by atoms with Gasteiger partial charge in [-0.05, 0) is 37.8 Å². The molecule has 1 fully saturated rings. The van der Waals surface area contributed by atoms with Gasteiger partial charge in [-0.15, -0.1) is 5.10 Å². The lowest BCUT2D eigenvalue weighted by molar-refractivity contribution is -0.120. The number of aromatic nitrogens is 3. The van der Waals surface area contributed by atoms with Gasteiger partial charge in [0.15, 0.2) is 0 Å². The molecule has 138 valence electrons. The topological polar surface area (TPSA) is 80.2 Å². The molecule has 1 aliphatic heterocycles. The predicted molar refractivity (Wildman–Crippen MR) is 101 cm³/mol. The van der Waals surface area contributed by atoms with Crippen molar-refractivity contribution < 1.29 is 9.53 Å². The van der Waals surface area contributed by atoms with Crippen LogP contribution in [-0.4, -0.2) is 40.8 Å². The molecule has 26 heavy (non-hydrogen) atoms. The van der Waals surface area contributed by atoms with E-state index in [1.54, 1.807) is 12.0 Å². The van der Waals surface area contributed by atoms with Gasteiger partial charge >= 0.3 is 0 Å². The minimum atomic E-state index is -0.353. The fourth-order valence-electron chi connectivity index (χ4n) is 3.20. The van der Waals surface area contributed by atoms with Crippen LogP contribution in [0.3, 0.4) is 0 Å². The fraction of sp³-hybridized carbons (Fsp3) is 0.474. The maximum atomic E-state index is 13.0. The largest absolute Gasteiger partial charge is 0.497 e. The number of benzene rings is 1. The number of carbonyl (C=O) groups excluding carboxylic acids is 1. The summed E-state index contributed by atoms with van der Waals surface area (Å²) in [7, 11) is 1.62. The quantitative estimate of drug-likeness (QED) is 0.858. The van der Waals surface area contributed by atoms with Crippen molar-refractivity contribution in [1.82, 2.24) is 15.2 Å². The third kappa shape index (κ3) is 3.76. The average Bonchev–Trinajstić information content (AvgIpc) is 2.69. The molecule has 2 heterocycles. The number of nitrogens with one attached hydrogen (secondary N) is 1. The number of rotatable bonds is 6. The van der Waals surface area contributed by atoms with Gasteiger partial charge in [0.1, 0.15) is 11.8 Å². The van der Waals surface area contributed by atoms with Crippen LogP contribution >= 0.6 is 0 Å². The van der Waals surface area contributed by atoms with E-state index >= 15 is 0 Å². The Kier molecular flexibility index (Phi) is 5.65. The standard InChI is InChI=1S/C19H25N5O2/c1-4-15-16(5-2)22-23-19(20-15)21-17-10-7-11-24(18(17)25)13-8-6-9-14(12-13)26-3/h6,8-9,12,17H,4-5,7,10-11H2,1-3H3,(H,20,21,23). The zero-order valence-electron chi connectivity index (χ0n) is 15.5. The maximum Gasteiger partial charge on any atom is 0.249 e. The fourth-order valence-corrected chi connectivity index (χ4v) is 3.20. The van der Waals surface area contributed by atoms with Gasteiger partial charge in [0.2, 0.25) is 11.9 Å². The number of carbonyl (C=O) groups is 1. The third-order valence-electron chi connectivity index (χ3n) is 4.62. The van der Waals surface area contributed by atoms with Gasteiger partial charge < -0.3 is 15.0 Å². The molecule has 1 aromatic carbocycles. The molecule has 0 bridgehead atoms. The Labute approximate surface area is 153 Å². The molecule has 1 aromatic heterocycles. The summed E-state index contributed by atoms with van der Waals surface area (Å²) in [4.78, 5) is 19.3. The highest BCUT2D eigenvalue weighted by Crippen LogP contribution is 2.26. The second-order valence-corrected chi connectivity index (χ2v) is 6.27. The van der Waals surface area contributed by atoms with Crippen LogP contribution in [0.1, 0.15) is 38.1 Å². The Morgan fingerprint density at radius 1 is 1.23 bits per heavy atom. The summed E-state index contributed by atoms with van der Waals surface area (Å²) in [5, 5.41) is 11.6. The van der Waals surface area contributed by atoms with Crippen molar-refractivity contribution in [2.24, 2.45) is 0 Å². The first kappa shape index (κ1) is 18.1. The molecular formula is C19H25N5O2. The molecule has 1 aliphatic rings. The normalized spacial score (nSPS) is 17.3. The molecule has 0 aliphatic carbocycles. The molecule has 7 heteroatoms. The van der Waals surface area contributed by atoms with Crippen molar-refractivity contribution in [3.63, 3.8) is 0 Å². The van der Waals surface area contributed by atoms with Crippen LogP contribution in [0.25, 0.3) is 0 Å². The number of anilines is 2.